The third-order valence-corrected chi connectivity index (χ3v) is 2.81. The second-order valence-electron chi connectivity index (χ2n) is 4.07. The van der Waals surface area contributed by atoms with E-state index >= 15 is 0 Å². The van der Waals surface area contributed by atoms with Gasteiger partial charge in [-0.05, 0) is 31.6 Å². The van der Waals surface area contributed by atoms with Gasteiger partial charge in [-0.15, -0.1) is 0 Å². The van der Waals surface area contributed by atoms with Crippen LogP contribution in [0, 0.1) is 11.8 Å². The number of hydrogen-bond acceptors (Lipinski definition) is 2. The second-order valence-corrected chi connectivity index (χ2v) is 4.07. The highest BCUT2D eigenvalue weighted by Crippen LogP contribution is 2.28. The van der Waals surface area contributed by atoms with Crippen LogP contribution in [-0.4, -0.2) is 12.1 Å². The molecule has 0 radical (unpaired) electrons. The van der Waals surface area contributed by atoms with Crippen molar-refractivity contribution in [3.63, 3.8) is 0 Å². The number of amides is 1. The van der Waals surface area contributed by atoms with Gasteiger partial charge in [0.15, 0.2) is 0 Å². The van der Waals surface area contributed by atoms with Crippen molar-refractivity contribution in [2.45, 2.75) is 38.5 Å². The molecular formula is C10H16N2O. The number of carbonyl (C=O) groups is 1. The zero-order chi connectivity index (χ0) is 9.10. The minimum absolute atomic E-state index is 0.106. The quantitative estimate of drug-likeness (QED) is 0.521. The summed E-state index contributed by atoms with van der Waals surface area (Å²) < 4.78 is 0. The predicted octanol–water partition coefficient (Wildman–Crippen LogP) is 1.69. The van der Waals surface area contributed by atoms with Crippen LogP contribution >= 0.6 is 0 Å². The smallest absolute Gasteiger partial charge is 0.243 e. The molecule has 3 heteroatoms. The summed E-state index contributed by atoms with van der Waals surface area (Å²) in [6.45, 7) is 0. The summed E-state index contributed by atoms with van der Waals surface area (Å²) in [6, 6.07) is 0. The molecule has 2 rings (SSSR count). The molecule has 1 amide bonds. The van der Waals surface area contributed by atoms with Gasteiger partial charge in [0, 0.05) is 12.1 Å². The largest absolute Gasteiger partial charge is 0.273 e. The Morgan fingerprint density at radius 2 is 1.92 bits per heavy atom. The molecule has 72 valence electrons. The van der Waals surface area contributed by atoms with Crippen LogP contribution in [0.4, 0.5) is 0 Å². The highest BCUT2D eigenvalue weighted by Gasteiger charge is 2.29. The number of nitrogens with zero attached hydrogens (tertiary/aromatic N) is 1. The normalized spacial score (nSPS) is 24.0. The van der Waals surface area contributed by atoms with Crippen molar-refractivity contribution in [3.8, 4) is 0 Å². The van der Waals surface area contributed by atoms with E-state index in [0.29, 0.717) is 5.92 Å². The van der Waals surface area contributed by atoms with Crippen molar-refractivity contribution in [2.24, 2.45) is 16.9 Å². The fourth-order valence-electron chi connectivity index (χ4n) is 1.75. The Morgan fingerprint density at radius 1 is 1.23 bits per heavy atom. The number of nitrogens with one attached hydrogen (secondary N) is 1. The Labute approximate surface area is 78.6 Å². The van der Waals surface area contributed by atoms with Gasteiger partial charge < -0.3 is 0 Å². The minimum Gasteiger partial charge on any atom is -0.273 e. The van der Waals surface area contributed by atoms with Gasteiger partial charge in [0.2, 0.25) is 5.91 Å². The first-order chi connectivity index (χ1) is 6.36. The van der Waals surface area contributed by atoms with E-state index in [1.54, 1.807) is 0 Å². The fourth-order valence-corrected chi connectivity index (χ4v) is 1.75. The van der Waals surface area contributed by atoms with E-state index in [2.05, 4.69) is 10.5 Å². The number of hydrogen-bond donors (Lipinski definition) is 1. The monoisotopic (exact) mass is 180 g/mol. The zero-order valence-electron chi connectivity index (χ0n) is 7.83. The maximum absolute atomic E-state index is 11.2. The number of hydrazone groups is 1. The van der Waals surface area contributed by atoms with Crippen molar-refractivity contribution in [2.75, 3.05) is 0 Å². The van der Waals surface area contributed by atoms with E-state index in [1.165, 1.54) is 25.7 Å². The molecule has 0 aromatic rings. The third kappa shape index (κ3) is 2.54. The Kier molecular flexibility index (Phi) is 2.62. The van der Waals surface area contributed by atoms with Gasteiger partial charge in [-0.25, -0.2) is 5.43 Å². The van der Waals surface area contributed by atoms with Gasteiger partial charge in [0.1, 0.15) is 0 Å². The molecule has 0 unspecified atom stereocenters. The molecule has 0 atom stereocenters. The van der Waals surface area contributed by atoms with Gasteiger partial charge in [-0.2, -0.15) is 5.10 Å². The molecule has 0 aromatic heterocycles. The molecule has 0 spiro atoms. The van der Waals surface area contributed by atoms with Crippen LogP contribution in [0.2, 0.25) is 0 Å². The van der Waals surface area contributed by atoms with E-state index in [-0.39, 0.29) is 11.8 Å². The first-order valence-corrected chi connectivity index (χ1v) is 5.19. The van der Waals surface area contributed by atoms with Crippen LogP contribution in [-0.2, 0) is 4.79 Å². The number of carbonyl (C=O) groups excluding carboxylic acids is 1. The molecule has 0 saturated heterocycles. The maximum Gasteiger partial charge on any atom is 0.243 e. The Balaban J connectivity index is 1.67. The van der Waals surface area contributed by atoms with Crippen LogP contribution in [0.3, 0.4) is 0 Å². The molecule has 1 N–H and O–H groups in total. The summed E-state index contributed by atoms with van der Waals surface area (Å²) >= 11 is 0. The summed E-state index contributed by atoms with van der Waals surface area (Å²) in [4.78, 5) is 11.2. The lowest BCUT2D eigenvalue weighted by Gasteiger charge is -1.99. The highest BCUT2D eigenvalue weighted by atomic mass is 16.2. The van der Waals surface area contributed by atoms with Crippen LogP contribution in [0.5, 0.6) is 0 Å². The molecular weight excluding hydrogens is 164 g/mol. The summed E-state index contributed by atoms with van der Waals surface area (Å²) in [6.07, 6.45) is 9.11. The van der Waals surface area contributed by atoms with Crippen LogP contribution < -0.4 is 5.43 Å². The lowest BCUT2D eigenvalue weighted by molar-refractivity contribution is -0.122. The molecule has 0 aromatic carbocycles. The van der Waals surface area contributed by atoms with Gasteiger partial charge in [-0.3, -0.25) is 4.79 Å². The lowest BCUT2D eigenvalue weighted by atomic mass is 10.1. The van der Waals surface area contributed by atoms with E-state index in [4.69, 9.17) is 0 Å². The molecule has 3 nitrogen and oxygen atoms in total. The van der Waals surface area contributed by atoms with Crippen molar-refractivity contribution < 1.29 is 4.79 Å². The molecule has 2 fully saturated rings. The third-order valence-electron chi connectivity index (χ3n) is 2.81. The molecule has 0 heterocycles. The topological polar surface area (TPSA) is 41.5 Å². The summed E-state index contributed by atoms with van der Waals surface area (Å²) in [7, 11) is 0. The number of rotatable bonds is 3. The van der Waals surface area contributed by atoms with E-state index < -0.39 is 0 Å². The summed E-state index contributed by atoms with van der Waals surface area (Å²) in [5, 5.41) is 3.99. The van der Waals surface area contributed by atoms with Crippen molar-refractivity contribution in [3.05, 3.63) is 0 Å². The predicted molar refractivity (Wildman–Crippen MR) is 51.3 cm³/mol. The van der Waals surface area contributed by atoms with Gasteiger partial charge in [0.05, 0.1) is 0 Å². The lowest BCUT2D eigenvalue weighted by Crippen LogP contribution is -2.19. The van der Waals surface area contributed by atoms with Crippen LogP contribution in [0.15, 0.2) is 5.10 Å². The molecule has 2 saturated carbocycles. The minimum atomic E-state index is 0.106. The van der Waals surface area contributed by atoms with Crippen molar-refractivity contribution in [1.82, 2.24) is 5.43 Å². The molecule has 13 heavy (non-hydrogen) atoms. The molecule has 2 aliphatic rings. The van der Waals surface area contributed by atoms with E-state index in [1.807, 2.05) is 6.21 Å². The van der Waals surface area contributed by atoms with Crippen molar-refractivity contribution in [1.29, 1.82) is 0 Å². The standard InChI is InChI=1S/C10H16N2O/c13-10(9-5-6-9)12-11-7-8-3-1-2-4-8/h7-9H,1-6H2,(H,12,13)/b11-7+. The SMILES string of the molecule is O=C(N/N=C/C1CCCC1)C1CC1. The second kappa shape index (κ2) is 3.90. The summed E-state index contributed by atoms with van der Waals surface area (Å²) in [5.74, 6) is 0.981. The van der Waals surface area contributed by atoms with Gasteiger partial charge in [-0.1, -0.05) is 12.8 Å². The average molecular weight is 180 g/mol. The summed E-state index contributed by atoms with van der Waals surface area (Å²) in [5.41, 5.74) is 2.60. The van der Waals surface area contributed by atoms with E-state index in [9.17, 15) is 4.79 Å². The zero-order valence-corrected chi connectivity index (χ0v) is 7.83. The fraction of sp³-hybridized carbons (Fsp3) is 0.800. The first kappa shape index (κ1) is 8.73. The molecule has 0 aliphatic heterocycles. The van der Waals surface area contributed by atoms with Crippen molar-refractivity contribution >= 4 is 12.1 Å². The highest BCUT2D eigenvalue weighted by molar-refractivity contribution is 5.81. The van der Waals surface area contributed by atoms with Crippen LogP contribution in [0.1, 0.15) is 38.5 Å². The molecule has 0 bridgehead atoms. The Hall–Kier alpha value is -0.860. The molecule has 2 aliphatic carbocycles. The van der Waals surface area contributed by atoms with Gasteiger partial charge in [0.25, 0.3) is 0 Å². The van der Waals surface area contributed by atoms with Gasteiger partial charge >= 0.3 is 0 Å². The first-order valence-electron chi connectivity index (χ1n) is 5.19. The maximum atomic E-state index is 11.2. The van der Waals surface area contributed by atoms with Crippen LogP contribution in [0.25, 0.3) is 0 Å². The Bertz CT molecular complexity index is 215. The van der Waals surface area contributed by atoms with E-state index in [0.717, 1.165) is 12.8 Å². The Morgan fingerprint density at radius 3 is 2.54 bits per heavy atom. The average Bonchev–Trinajstić information content (AvgIpc) is 2.86.